The fraction of sp³-hybridized carbons (Fsp3) is 0.400. The molecule has 122 valence electrons. The van der Waals surface area contributed by atoms with Gasteiger partial charge in [0.2, 0.25) is 0 Å². The first-order valence-electron chi connectivity index (χ1n) is 8.44. The smallest absolute Gasteiger partial charge is 0.161 e. The predicted molar refractivity (Wildman–Crippen MR) is 93.1 cm³/mol. The van der Waals surface area contributed by atoms with E-state index in [2.05, 4.69) is 36.1 Å². The summed E-state index contributed by atoms with van der Waals surface area (Å²) in [7, 11) is 0. The maximum absolute atomic E-state index is 5.30. The molecule has 2 aromatic rings. The number of hydrogen-bond donors (Lipinski definition) is 0. The molecular weight excluding hydrogens is 286 g/mol. The quantitative estimate of drug-likeness (QED) is 0.835. The largest absolute Gasteiger partial charge is 0.486 e. The molecule has 0 saturated carbocycles. The molecular formula is C20H25NO2. The van der Waals surface area contributed by atoms with Gasteiger partial charge in [-0.2, -0.15) is 0 Å². The van der Waals surface area contributed by atoms with Gasteiger partial charge in [-0.15, -0.1) is 0 Å². The number of ether oxygens (including phenoxy) is 2. The number of fused-ring (bicyclic) bond motifs is 1. The summed E-state index contributed by atoms with van der Waals surface area (Å²) < 4.78 is 10.6. The Kier molecular flexibility index (Phi) is 5.54. The van der Waals surface area contributed by atoms with Gasteiger partial charge < -0.3 is 9.47 Å². The number of likely N-dealkylation sites (tertiary alicyclic amines) is 1. The molecule has 0 bridgehead atoms. The van der Waals surface area contributed by atoms with Crippen molar-refractivity contribution >= 4 is 0 Å². The van der Waals surface area contributed by atoms with Crippen LogP contribution in [0, 0.1) is 6.92 Å². The summed E-state index contributed by atoms with van der Waals surface area (Å²) in [6, 6.07) is 16.6. The topological polar surface area (TPSA) is 21.7 Å². The van der Waals surface area contributed by atoms with E-state index in [4.69, 9.17) is 9.47 Å². The van der Waals surface area contributed by atoms with Gasteiger partial charge in [-0.05, 0) is 50.6 Å². The van der Waals surface area contributed by atoms with Crippen LogP contribution in [0.5, 0.6) is 11.5 Å². The van der Waals surface area contributed by atoms with E-state index in [1.165, 1.54) is 37.1 Å². The minimum absolute atomic E-state index is 0.664. The summed E-state index contributed by atoms with van der Waals surface area (Å²) in [4.78, 5) is 2.53. The van der Waals surface area contributed by atoms with Crippen LogP contribution in [0.4, 0.5) is 0 Å². The SMILES string of the molecule is Cc1ccc(CN2CCCC2)cc1.c1ccc2c(c1)OCCO2. The van der Waals surface area contributed by atoms with E-state index in [0.717, 1.165) is 18.0 Å². The van der Waals surface area contributed by atoms with E-state index in [9.17, 15) is 0 Å². The van der Waals surface area contributed by atoms with Crippen LogP contribution in [0.15, 0.2) is 48.5 Å². The third kappa shape index (κ3) is 4.73. The monoisotopic (exact) mass is 311 g/mol. The minimum atomic E-state index is 0.664. The standard InChI is InChI=1S/C12H17N.C8H8O2/c1-11-4-6-12(7-5-11)10-13-8-2-3-9-13;1-2-4-8-7(3-1)9-5-6-10-8/h4-7H,2-3,8-10H2,1H3;1-4H,5-6H2. The number of nitrogens with zero attached hydrogens (tertiary/aromatic N) is 1. The van der Waals surface area contributed by atoms with Crippen molar-refractivity contribution in [3.63, 3.8) is 0 Å². The molecule has 0 atom stereocenters. The summed E-state index contributed by atoms with van der Waals surface area (Å²) in [5, 5.41) is 0. The second-order valence-corrected chi connectivity index (χ2v) is 6.11. The first-order valence-corrected chi connectivity index (χ1v) is 8.44. The van der Waals surface area contributed by atoms with Crippen LogP contribution >= 0.6 is 0 Å². The zero-order valence-electron chi connectivity index (χ0n) is 13.8. The number of hydrogen-bond acceptors (Lipinski definition) is 3. The van der Waals surface area contributed by atoms with Crippen molar-refractivity contribution in [2.24, 2.45) is 0 Å². The van der Waals surface area contributed by atoms with Gasteiger partial charge in [0.1, 0.15) is 13.2 Å². The van der Waals surface area contributed by atoms with Gasteiger partial charge in [-0.3, -0.25) is 4.90 Å². The fourth-order valence-electron chi connectivity index (χ4n) is 2.88. The summed E-state index contributed by atoms with van der Waals surface area (Å²) in [5.41, 5.74) is 2.80. The van der Waals surface area contributed by atoms with Gasteiger partial charge in [0.15, 0.2) is 11.5 Å². The lowest BCUT2D eigenvalue weighted by Gasteiger charge is -2.17. The molecule has 1 fully saturated rings. The van der Waals surface area contributed by atoms with Gasteiger partial charge in [-0.1, -0.05) is 42.0 Å². The summed E-state index contributed by atoms with van der Waals surface area (Å²) in [6.07, 6.45) is 2.76. The Morgan fingerprint density at radius 2 is 1.39 bits per heavy atom. The third-order valence-electron chi connectivity index (χ3n) is 4.17. The fourth-order valence-corrected chi connectivity index (χ4v) is 2.88. The average Bonchev–Trinajstić information content (AvgIpc) is 3.11. The van der Waals surface area contributed by atoms with Crippen LogP contribution in [-0.4, -0.2) is 31.2 Å². The van der Waals surface area contributed by atoms with E-state index in [1.807, 2.05) is 24.3 Å². The molecule has 0 amide bonds. The Morgan fingerprint density at radius 1 is 0.826 bits per heavy atom. The molecule has 2 aliphatic rings. The molecule has 2 aliphatic heterocycles. The first-order chi connectivity index (χ1) is 11.3. The predicted octanol–water partition coefficient (Wildman–Crippen LogP) is 4.05. The van der Waals surface area contributed by atoms with Crippen LogP contribution in [0.1, 0.15) is 24.0 Å². The van der Waals surface area contributed by atoms with Gasteiger partial charge >= 0.3 is 0 Å². The van der Waals surface area contributed by atoms with Gasteiger partial charge in [0.05, 0.1) is 0 Å². The lowest BCUT2D eigenvalue weighted by Crippen LogP contribution is -2.18. The number of aryl methyl sites for hydroxylation is 1. The van der Waals surface area contributed by atoms with Crippen molar-refractivity contribution in [2.75, 3.05) is 26.3 Å². The van der Waals surface area contributed by atoms with Crippen molar-refractivity contribution in [3.8, 4) is 11.5 Å². The van der Waals surface area contributed by atoms with Gasteiger partial charge in [0.25, 0.3) is 0 Å². The second-order valence-electron chi connectivity index (χ2n) is 6.11. The summed E-state index contributed by atoms with van der Waals surface area (Å²) in [5.74, 6) is 1.71. The molecule has 0 N–H and O–H groups in total. The highest BCUT2D eigenvalue weighted by Gasteiger charge is 2.11. The molecule has 0 unspecified atom stereocenters. The number of benzene rings is 2. The highest BCUT2D eigenvalue weighted by Crippen LogP contribution is 2.28. The first kappa shape index (κ1) is 15.9. The minimum Gasteiger partial charge on any atom is -0.486 e. The van der Waals surface area contributed by atoms with Crippen molar-refractivity contribution < 1.29 is 9.47 Å². The van der Waals surface area contributed by atoms with Gasteiger partial charge in [-0.25, -0.2) is 0 Å². The molecule has 0 spiro atoms. The van der Waals surface area contributed by atoms with Crippen LogP contribution < -0.4 is 9.47 Å². The maximum atomic E-state index is 5.30. The second kappa shape index (κ2) is 8.02. The Bertz CT molecular complexity index is 578. The van der Waals surface area contributed by atoms with Crippen LogP contribution in [0.3, 0.4) is 0 Å². The maximum Gasteiger partial charge on any atom is 0.161 e. The Hall–Kier alpha value is -2.00. The molecule has 0 aromatic heterocycles. The number of rotatable bonds is 2. The highest BCUT2D eigenvalue weighted by atomic mass is 16.6. The van der Waals surface area contributed by atoms with Gasteiger partial charge in [0, 0.05) is 6.54 Å². The van der Waals surface area contributed by atoms with Crippen molar-refractivity contribution in [1.29, 1.82) is 0 Å². The van der Waals surface area contributed by atoms with Crippen molar-refractivity contribution in [2.45, 2.75) is 26.3 Å². The normalized spacial score (nSPS) is 16.6. The van der Waals surface area contributed by atoms with Crippen LogP contribution in [0.2, 0.25) is 0 Å². The van der Waals surface area contributed by atoms with Crippen molar-refractivity contribution in [1.82, 2.24) is 4.90 Å². The zero-order chi connectivity index (χ0) is 15.9. The lowest BCUT2D eigenvalue weighted by molar-refractivity contribution is 0.171. The van der Waals surface area contributed by atoms with E-state index in [0.29, 0.717) is 13.2 Å². The summed E-state index contributed by atoms with van der Waals surface area (Å²) >= 11 is 0. The Labute approximate surface area is 138 Å². The molecule has 0 aliphatic carbocycles. The molecule has 4 rings (SSSR count). The highest BCUT2D eigenvalue weighted by molar-refractivity contribution is 5.40. The Morgan fingerprint density at radius 3 is 1.96 bits per heavy atom. The third-order valence-corrected chi connectivity index (χ3v) is 4.17. The molecule has 2 heterocycles. The summed E-state index contributed by atoms with van der Waals surface area (Å²) in [6.45, 7) is 7.18. The molecule has 3 nitrogen and oxygen atoms in total. The molecule has 1 saturated heterocycles. The zero-order valence-corrected chi connectivity index (χ0v) is 13.8. The lowest BCUT2D eigenvalue weighted by atomic mass is 10.1. The number of para-hydroxylation sites is 2. The Balaban J connectivity index is 0.000000140. The van der Waals surface area contributed by atoms with E-state index < -0.39 is 0 Å². The van der Waals surface area contributed by atoms with E-state index >= 15 is 0 Å². The van der Waals surface area contributed by atoms with Crippen LogP contribution in [0.25, 0.3) is 0 Å². The van der Waals surface area contributed by atoms with E-state index in [-0.39, 0.29) is 0 Å². The molecule has 23 heavy (non-hydrogen) atoms. The average molecular weight is 311 g/mol. The van der Waals surface area contributed by atoms with Crippen molar-refractivity contribution in [3.05, 3.63) is 59.7 Å². The van der Waals surface area contributed by atoms with Crippen LogP contribution in [-0.2, 0) is 6.54 Å². The molecule has 2 aromatic carbocycles. The molecule has 0 radical (unpaired) electrons. The molecule has 3 heteroatoms. The van der Waals surface area contributed by atoms with E-state index in [1.54, 1.807) is 0 Å².